The summed E-state index contributed by atoms with van der Waals surface area (Å²) in [4.78, 5) is 24.4. The number of alkyl halides is 3. The first-order valence-corrected chi connectivity index (χ1v) is 17.1. The minimum Gasteiger partial charge on any atom is -0.465 e. The van der Waals surface area contributed by atoms with Gasteiger partial charge in [-0.2, -0.15) is 5.26 Å². The molecule has 4 aliphatic rings. The first-order chi connectivity index (χ1) is 25.0. The number of anilines is 2. The second kappa shape index (κ2) is 12.8. The molecule has 0 unspecified atom stereocenters. The van der Waals surface area contributed by atoms with Crippen LogP contribution in [-0.4, -0.2) is 77.0 Å². The highest BCUT2D eigenvalue weighted by Gasteiger charge is 2.49. The van der Waals surface area contributed by atoms with E-state index in [4.69, 9.17) is 25.5 Å². The van der Waals surface area contributed by atoms with Crippen LogP contribution in [0, 0.1) is 23.0 Å². The van der Waals surface area contributed by atoms with Crippen LogP contribution >= 0.6 is 22.9 Å². The molecular weight excluding hydrogens is 737 g/mol. The Balaban J connectivity index is 1.37. The lowest BCUT2D eigenvalue weighted by molar-refractivity contribution is 0.0247. The number of thiophene rings is 1. The number of nitrogens with zero attached hydrogens (tertiary/aromatic N) is 6. The van der Waals surface area contributed by atoms with Crippen molar-refractivity contribution in [2.45, 2.75) is 37.4 Å². The zero-order valence-electron chi connectivity index (χ0n) is 26.6. The molecule has 2 saturated heterocycles. The van der Waals surface area contributed by atoms with E-state index in [2.05, 4.69) is 15.3 Å². The number of oxazole rings is 1. The number of hydrogen-bond donors (Lipinski definition) is 2. The Morgan fingerprint density at radius 3 is 2.88 bits per heavy atom. The van der Waals surface area contributed by atoms with E-state index in [1.165, 1.54) is 17.2 Å². The molecule has 12 nitrogen and oxygen atoms in total. The molecule has 4 aromatic rings. The molecule has 19 heteroatoms. The second-order valence-electron chi connectivity index (χ2n) is 12.6. The minimum atomic E-state index is -2.92. The predicted molar refractivity (Wildman–Crippen MR) is 177 cm³/mol. The third kappa shape index (κ3) is 5.45. The van der Waals surface area contributed by atoms with Gasteiger partial charge in [0.15, 0.2) is 18.0 Å². The second-order valence-corrected chi connectivity index (χ2v) is 13.9. The number of fused-ring (bicyclic) bond motifs is 2. The fourth-order valence-electron chi connectivity index (χ4n) is 7.50. The van der Waals surface area contributed by atoms with Crippen molar-refractivity contribution >= 4 is 55.8 Å². The summed E-state index contributed by atoms with van der Waals surface area (Å²) >= 11 is 7.59. The van der Waals surface area contributed by atoms with E-state index >= 15 is 8.78 Å². The number of halogens is 6. The third-order valence-corrected chi connectivity index (χ3v) is 11.0. The van der Waals surface area contributed by atoms with Crippen molar-refractivity contribution in [3.63, 3.8) is 0 Å². The van der Waals surface area contributed by atoms with Crippen LogP contribution in [0.15, 0.2) is 46.3 Å². The Hall–Kier alpha value is -5.12. The van der Waals surface area contributed by atoms with E-state index < -0.39 is 48.2 Å². The maximum absolute atomic E-state index is 17.4. The number of nitrogens with one attached hydrogen (secondary N) is 1. The largest absolute Gasteiger partial charge is 0.465 e. The lowest BCUT2D eigenvalue weighted by Gasteiger charge is -2.32. The first-order valence-electron chi connectivity index (χ1n) is 15.9. The van der Waals surface area contributed by atoms with Gasteiger partial charge in [-0.15, -0.1) is 11.3 Å². The molecule has 0 spiro atoms. The Morgan fingerprint density at radius 1 is 1.33 bits per heavy atom. The van der Waals surface area contributed by atoms with Gasteiger partial charge < -0.3 is 23.9 Å². The normalized spacial score (nSPS) is 21.0. The van der Waals surface area contributed by atoms with Crippen molar-refractivity contribution < 1.29 is 45.7 Å². The Morgan fingerprint density at radius 2 is 2.15 bits per heavy atom. The van der Waals surface area contributed by atoms with Gasteiger partial charge in [0.25, 0.3) is 6.43 Å². The maximum atomic E-state index is 17.4. The predicted octanol–water partition coefficient (Wildman–Crippen LogP) is 5.96. The summed E-state index contributed by atoms with van der Waals surface area (Å²) in [6.07, 6.45) is -0.337. The van der Waals surface area contributed by atoms with Crippen molar-refractivity contribution in [2.75, 3.05) is 43.1 Å². The van der Waals surface area contributed by atoms with Crippen LogP contribution in [0.5, 0.6) is 5.75 Å². The van der Waals surface area contributed by atoms with Gasteiger partial charge in [0, 0.05) is 23.9 Å². The molecule has 0 radical (unpaired) electrons. The average Bonchev–Trinajstić information content (AvgIpc) is 3.87. The molecule has 8 rings (SSSR count). The standard InChI is InChI=1S/C33H25ClF5N7O5S/c34-25-23(16-2-3-18(36)29-22(16)17(7-40)30(52-29)43-32(47)48)26(39)28-24-27(25)42-13-46(20-8-41-14-50-20)31(24)44(10-19(37)38)11-21(51-28)49-12-33-4-1-5-45(33)9-15(35)6-33/h2-3,8,11,14-15,19,43H,1,4-6,9-10,12-13H2,(H,47,48)/t15-,33+/m1/s1. The zero-order valence-corrected chi connectivity index (χ0v) is 28.2. The highest BCUT2D eigenvalue weighted by molar-refractivity contribution is 7.23. The molecule has 1 amide bonds. The van der Waals surface area contributed by atoms with Crippen LogP contribution in [-0.2, 0) is 4.74 Å². The molecular formula is C33H25ClF5N7O5S. The van der Waals surface area contributed by atoms with Crippen LogP contribution in [0.1, 0.15) is 24.8 Å². The van der Waals surface area contributed by atoms with Crippen LogP contribution in [0.4, 0.5) is 37.6 Å². The fraction of sp³-hybridized carbons (Fsp3) is 0.333. The number of amides is 1. The van der Waals surface area contributed by atoms with Crippen LogP contribution in [0.2, 0.25) is 5.02 Å². The minimum absolute atomic E-state index is 0.0567. The maximum Gasteiger partial charge on any atom is 0.409 e. The van der Waals surface area contributed by atoms with Crippen LogP contribution in [0.25, 0.3) is 27.0 Å². The summed E-state index contributed by atoms with van der Waals surface area (Å²) in [5, 5.41) is 20.6. The van der Waals surface area contributed by atoms with Crippen molar-refractivity contribution in [1.29, 1.82) is 5.26 Å². The number of carboxylic acid groups (broad SMARTS) is 1. The number of aromatic nitrogens is 1. The molecule has 52 heavy (non-hydrogen) atoms. The van der Waals surface area contributed by atoms with E-state index in [1.54, 1.807) is 0 Å². The molecule has 0 bridgehead atoms. The van der Waals surface area contributed by atoms with E-state index in [-0.39, 0.29) is 91.3 Å². The number of nitriles is 1. The van der Waals surface area contributed by atoms with Gasteiger partial charge >= 0.3 is 12.0 Å². The van der Waals surface area contributed by atoms with E-state index in [1.807, 2.05) is 11.0 Å². The van der Waals surface area contributed by atoms with Crippen molar-refractivity contribution in [3.8, 4) is 22.9 Å². The van der Waals surface area contributed by atoms with Gasteiger partial charge in [0.2, 0.25) is 5.88 Å². The number of benzene rings is 2. The topological polar surface area (TPSA) is 140 Å². The lowest BCUT2D eigenvalue weighted by Crippen LogP contribution is -2.47. The zero-order chi connectivity index (χ0) is 36.5. The summed E-state index contributed by atoms with van der Waals surface area (Å²) < 4.78 is 93.4. The van der Waals surface area contributed by atoms with Crippen LogP contribution < -0.4 is 25.5 Å². The highest BCUT2D eigenvalue weighted by atomic mass is 35.5. The van der Waals surface area contributed by atoms with E-state index in [9.17, 15) is 28.3 Å². The molecule has 2 aromatic heterocycles. The smallest absolute Gasteiger partial charge is 0.409 e. The summed E-state index contributed by atoms with van der Waals surface area (Å²) in [6.45, 7) is -0.403. The van der Waals surface area contributed by atoms with Gasteiger partial charge in [-0.25, -0.2) is 31.7 Å². The van der Waals surface area contributed by atoms with Gasteiger partial charge in [-0.05, 0) is 31.0 Å². The number of ether oxygens (including phenoxy) is 2. The monoisotopic (exact) mass is 761 g/mol. The van der Waals surface area contributed by atoms with E-state index in [0.717, 1.165) is 30.0 Å². The molecule has 2 aromatic carbocycles. The first kappa shape index (κ1) is 34.0. The number of carbonyl (C=O) groups is 1. The average molecular weight is 762 g/mol. The Bertz CT molecular complexity index is 2340. The molecule has 0 aliphatic carbocycles. The van der Waals surface area contributed by atoms with E-state index in [0.29, 0.717) is 24.3 Å². The molecule has 0 saturated carbocycles. The molecule has 2 atom stereocenters. The van der Waals surface area contributed by atoms with Gasteiger partial charge in [0.05, 0.1) is 50.3 Å². The summed E-state index contributed by atoms with van der Waals surface area (Å²) in [5.74, 6) is -2.88. The number of hydrogen-bond acceptors (Lipinski definition) is 11. The van der Waals surface area contributed by atoms with Gasteiger partial charge in [0.1, 0.15) is 42.2 Å². The SMILES string of the molecule is N#Cc1c(NC(=O)O)sc2c(F)ccc(-c3c(F)c4c5c(c3Cl)=NCN(c3cnco3)C=5N(CC(F)F)C=C(OC[C@@]35CCCN3C[C@H](F)C5)O4)c12. The number of rotatable bonds is 8. The van der Waals surface area contributed by atoms with Crippen molar-refractivity contribution in [3.05, 3.63) is 69.7 Å². The third-order valence-electron chi connectivity index (χ3n) is 9.55. The summed E-state index contributed by atoms with van der Waals surface area (Å²) in [5.41, 5.74) is -1.45. The highest BCUT2D eigenvalue weighted by Crippen LogP contribution is 2.46. The molecule has 2 fully saturated rings. The van der Waals surface area contributed by atoms with Crippen molar-refractivity contribution in [2.24, 2.45) is 4.99 Å². The quantitative estimate of drug-likeness (QED) is 0.207. The molecule has 270 valence electrons. The Kier molecular flexibility index (Phi) is 8.38. The summed E-state index contributed by atoms with van der Waals surface area (Å²) in [7, 11) is 0. The summed E-state index contributed by atoms with van der Waals surface area (Å²) in [6, 6.07) is 4.06. The Labute approximate surface area is 299 Å². The molecule has 2 N–H and O–H groups in total. The van der Waals surface area contributed by atoms with Crippen LogP contribution in [0.3, 0.4) is 0 Å². The van der Waals surface area contributed by atoms with Gasteiger partial charge in [-0.3, -0.25) is 20.1 Å². The molecule has 4 aliphatic heterocycles. The van der Waals surface area contributed by atoms with Crippen molar-refractivity contribution in [1.82, 2.24) is 14.8 Å². The fourth-order valence-corrected chi connectivity index (χ4v) is 8.91. The van der Waals surface area contributed by atoms with Gasteiger partial charge in [-0.1, -0.05) is 17.7 Å². The lowest BCUT2D eigenvalue weighted by atomic mass is 9.95. The molecule has 6 heterocycles.